The van der Waals surface area contributed by atoms with Crippen LogP contribution in [-0.4, -0.2) is 61.2 Å². The molecule has 0 saturated carbocycles. The van der Waals surface area contributed by atoms with Crippen molar-refractivity contribution in [2.75, 3.05) is 48.4 Å². The zero-order valence-electron chi connectivity index (χ0n) is 22.8. The molecule has 3 aliphatic rings. The van der Waals surface area contributed by atoms with Crippen molar-refractivity contribution in [3.63, 3.8) is 0 Å². The summed E-state index contributed by atoms with van der Waals surface area (Å²) in [5.74, 6) is 0.628. The fourth-order valence-corrected chi connectivity index (χ4v) is 6.11. The normalized spacial score (nSPS) is 17.0. The van der Waals surface area contributed by atoms with Crippen LogP contribution in [0.2, 0.25) is 0 Å². The van der Waals surface area contributed by atoms with Crippen molar-refractivity contribution >= 4 is 29.0 Å². The number of nitriles is 1. The summed E-state index contributed by atoms with van der Waals surface area (Å²) < 4.78 is 5.35. The van der Waals surface area contributed by atoms with Crippen molar-refractivity contribution < 1.29 is 14.3 Å². The van der Waals surface area contributed by atoms with E-state index in [1.165, 1.54) is 17.3 Å². The number of benzene rings is 2. The Balaban J connectivity index is 1.16. The number of carbonyl (C=O) groups excluding carboxylic acids is 2. The Morgan fingerprint density at radius 1 is 1.02 bits per heavy atom. The third kappa shape index (κ3) is 4.70. The third-order valence-electron chi connectivity index (χ3n) is 8.28. The lowest BCUT2D eigenvalue weighted by atomic mass is 10.0. The average molecular weight is 537 g/mol. The van der Waals surface area contributed by atoms with Gasteiger partial charge in [0.05, 0.1) is 18.4 Å². The van der Waals surface area contributed by atoms with E-state index < -0.39 is 0 Å². The Kier molecular flexibility index (Phi) is 6.76. The van der Waals surface area contributed by atoms with Crippen LogP contribution in [0.15, 0.2) is 48.7 Å². The first kappa shape index (κ1) is 25.7. The number of carbonyl (C=O) groups is 2. The minimum absolute atomic E-state index is 0.0852. The van der Waals surface area contributed by atoms with Crippen LogP contribution in [0.3, 0.4) is 0 Å². The molecule has 4 heterocycles. The summed E-state index contributed by atoms with van der Waals surface area (Å²) in [4.78, 5) is 36.8. The molecule has 0 bridgehead atoms. The quantitative estimate of drug-likeness (QED) is 0.526. The van der Waals surface area contributed by atoms with E-state index in [4.69, 9.17) is 4.74 Å². The largest absolute Gasteiger partial charge is 0.497 e. The number of aromatic nitrogens is 1. The number of hydrogen-bond donors (Lipinski definition) is 1. The Morgan fingerprint density at radius 3 is 2.60 bits per heavy atom. The fraction of sp³-hybridized carbons (Fsp3) is 0.355. The molecule has 204 valence electrons. The first-order chi connectivity index (χ1) is 19.4. The van der Waals surface area contributed by atoms with E-state index in [2.05, 4.69) is 34.3 Å². The predicted molar refractivity (Wildman–Crippen MR) is 153 cm³/mol. The van der Waals surface area contributed by atoms with Crippen molar-refractivity contribution in [2.24, 2.45) is 0 Å². The molecular formula is C31H32N6O3. The van der Waals surface area contributed by atoms with Crippen molar-refractivity contribution in [3.05, 3.63) is 76.6 Å². The molecule has 0 radical (unpaired) electrons. The van der Waals surface area contributed by atoms with Gasteiger partial charge in [-0.15, -0.1) is 0 Å². The van der Waals surface area contributed by atoms with Gasteiger partial charge in [0.25, 0.3) is 5.91 Å². The van der Waals surface area contributed by atoms with Gasteiger partial charge in [0.1, 0.15) is 17.5 Å². The number of aryl methyl sites for hydroxylation is 1. The number of amides is 3. The number of hydrogen-bond acceptors (Lipinski definition) is 6. The molecule has 40 heavy (non-hydrogen) atoms. The predicted octanol–water partition coefficient (Wildman–Crippen LogP) is 4.53. The van der Waals surface area contributed by atoms with E-state index >= 15 is 0 Å². The molecule has 1 fully saturated rings. The Morgan fingerprint density at radius 2 is 1.82 bits per heavy atom. The molecule has 0 unspecified atom stereocenters. The molecular weight excluding hydrogens is 504 g/mol. The third-order valence-corrected chi connectivity index (χ3v) is 8.28. The van der Waals surface area contributed by atoms with Gasteiger partial charge in [0.2, 0.25) is 0 Å². The molecule has 2 aromatic carbocycles. The summed E-state index contributed by atoms with van der Waals surface area (Å²) in [5, 5.41) is 12.9. The Hall–Kier alpha value is -4.58. The van der Waals surface area contributed by atoms with Crippen LogP contribution in [0.1, 0.15) is 45.6 Å². The number of urea groups is 1. The van der Waals surface area contributed by atoms with Crippen LogP contribution >= 0.6 is 0 Å². The Labute approximate surface area is 234 Å². The minimum atomic E-state index is -0.152. The molecule has 9 heteroatoms. The fourth-order valence-electron chi connectivity index (χ4n) is 6.11. The van der Waals surface area contributed by atoms with E-state index in [1.54, 1.807) is 18.1 Å². The molecule has 9 nitrogen and oxygen atoms in total. The maximum atomic E-state index is 13.5. The number of rotatable bonds is 4. The van der Waals surface area contributed by atoms with Crippen molar-refractivity contribution in [2.45, 2.75) is 38.6 Å². The number of methoxy groups -OCH3 is 1. The van der Waals surface area contributed by atoms with Crippen LogP contribution in [0.5, 0.6) is 5.75 Å². The van der Waals surface area contributed by atoms with E-state index in [0.717, 1.165) is 54.1 Å². The second kappa shape index (κ2) is 10.5. The summed E-state index contributed by atoms with van der Waals surface area (Å²) >= 11 is 0. The van der Waals surface area contributed by atoms with Crippen molar-refractivity contribution in [1.29, 1.82) is 5.26 Å². The van der Waals surface area contributed by atoms with Crippen molar-refractivity contribution in [3.8, 4) is 11.8 Å². The lowest BCUT2D eigenvalue weighted by molar-refractivity contribution is 0.0984. The van der Waals surface area contributed by atoms with Gasteiger partial charge in [0, 0.05) is 49.8 Å². The van der Waals surface area contributed by atoms with Gasteiger partial charge in [-0.1, -0.05) is 17.7 Å². The maximum absolute atomic E-state index is 13.5. The number of nitrogens with one attached hydrogen (secondary N) is 1. The lowest BCUT2D eigenvalue weighted by Gasteiger charge is -2.39. The minimum Gasteiger partial charge on any atom is -0.497 e. The number of nitrogens with zero attached hydrogens (tertiary/aromatic N) is 5. The van der Waals surface area contributed by atoms with Gasteiger partial charge in [-0.3, -0.25) is 4.79 Å². The number of pyridine rings is 1. The molecule has 1 saturated heterocycles. The molecule has 3 amide bonds. The van der Waals surface area contributed by atoms with E-state index in [9.17, 15) is 14.9 Å². The van der Waals surface area contributed by atoms with Crippen LogP contribution in [0.25, 0.3) is 0 Å². The first-order valence-corrected chi connectivity index (χ1v) is 13.8. The maximum Gasteiger partial charge on any atom is 0.322 e. The smallest absolute Gasteiger partial charge is 0.322 e. The van der Waals surface area contributed by atoms with Crippen LogP contribution in [0, 0.1) is 18.3 Å². The second-order valence-electron chi connectivity index (χ2n) is 10.7. The molecule has 1 N–H and O–H groups in total. The highest BCUT2D eigenvalue weighted by Gasteiger charge is 2.32. The summed E-state index contributed by atoms with van der Waals surface area (Å²) in [6.45, 7) is 4.65. The van der Waals surface area contributed by atoms with Crippen LogP contribution < -0.4 is 19.9 Å². The molecule has 3 aliphatic heterocycles. The average Bonchev–Trinajstić information content (AvgIpc) is 3.32. The lowest BCUT2D eigenvalue weighted by Crippen LogP contribution is -2.49. The highest BCUT2D eigenvalue weighted by Crippen LogP contribution is 2.32. The zero-order valence-corrected chi connectivity index (χ0v) is 22.8. The molecule has 1 aromatic heterocycles. The van der Waals surface area contributed by atoms with Gasteiger partial charge < -0.3 is 24.8 Å². The highest BCUT2D eigenvalue weighted by molar-refractivity contribution is 6.06. The van der Waals surface area contributed by atoms with Gasteiger partial charge in [-0.05, 0) is 74.1 Å². The SMILES string of the molecule is COc1ccc2c(c1)CCN(C1CCN(c3cc(C(=O)N4CCc5cc(C)ccc54)ncc3C#N)CC1)C(=O)N2. The number of fused-ring (bicyclic) bond motifs is 2. The van der Waals surface area contributed by atoms with Gasteiger partial charge in [-0.2, -0.15) is 5.26 Å². The molecule has 3 aromatic rings. The summed E-state index contributed by atoms with van der Waals surface area (Å²) in [5.41, 5.74) is 6.68. The summed E-state index contributed by atoms with van der Waals surface area (Å²) in [6, 6.07) is 15.9. The van der Waals surface area contributed by atoms with E-state index in [0.29, 0.717) is 37.4 Å². The van der Waals surface area contributed by atoms with Crippen LogP contribution in [0.4, 0.5) is 21.9 Å². The second-order valence-corrected chi connectivity index (χ2v) is 10.7. The topological polar surface area (TPSA) is 102 Å². The van der Waals surface area contributed by atoms with Gasteiger partial charge in [-0.25, -0.2) is 9.78 Å². The standard InChI is InChI=1S/C31H32N6O3/c1-20-3-6-28-22(15-20)8-14-37(28)30(38)27-17-29(23(18-32)19-33-27)35-11-9-24(10-12-35)36-13-7-21-16-25(40-2)4-5-26(21)34-31(36)39/h3-6,15-17,19,24H,7-14H2,1-2H3,(H,34,39). The highest BCUT2D eigenvalue weighted by atomic mass is 16.5. The molecule has 0 atom stereocenters. The van der Waals surface area contributed by atoms with Gasteiger partial charge in [0.15, 0.2) is 0 Å². The first-order valence-electron chi connectivity index (χ1n) is 13.8. The molecule has 0 aliphatic carbocycles. The summed E-state index contributed by atoms with van der Waals surface area (Å²) in [7, 11) is 1.64. The van der Waals surface area contributed by atoms with Crippen LogP contribution in [-0.2, 0) is 12.8 Å². The van der Waals surface area contributed by atoms with E-state index in [1.807, 2.05) is 35.2 Å². The van der Waals surface area contributed by atoms with Gasteiger partial charge >= 0.3 is 6.03 Å². The van der Waals surface area contributed by atoms with E-state index in [-0.39, 0.29) is 18.0 Å². The number of anilines is 3. The zero-order chi connectivity index (χ0) is 27.8. The van der Waals surface area contributed by atoms with Crippen molar-refractivity contribution in [1.82, 2.24) is 9.88 Å². The monoisotopic (exact) mass is 536 g/mol. The number of ether oxygens (including phenoxy) is 1. The summed E-state index contributed by atoms with van der Waals surface area (Å²) in [6.07, 6.45) is 4.61. The number of piperidine rings is 1. The molecule has 6 rings (SSSR count). The molecule has 0 spiro atoms. The Bertz CT molecular complexity index is 1520.